The number of hydrogen-bond acceptors (Lipinski definition) is 5. The Morgan fingerprint density at radius 1 is 1.41 bits per heavy atom. The molecule has 0 amide bonds. The summed E-state index contributed by atoms with van der Waals surface area (Å²) >= 11 is 0. The number of carbonyl (C=O) groups is 1. The first-order valence-electron chi connectivity index (χ1n) is 5.90. The molecule has 1 N–H and O–H groups in total. The van der Waals surface area contributed by atoms with Gasteiger partial charge in [-0.25, -0.2) is 4.79 Å². The molecule has 1 saturated heterocycles. The fraction of sp³-hybridized carbons (Fsp3) is 0.750. The summed E-state index contributed by atoms with van der Waals surface area (Å²) in [7, 11) is 2.09. The van der Waals surface area contributed by atoms with Gasteiger partial charge in [0.15, 0.2) is 0 Å². The molecular weight excluding hydrogens is 220 g/mol. The molecule has 5 nitrogen and oxygen atoms in total. The van der Waals surface area contributed by atoms with E-state index in [0.717, 1.165) is 26.2 Å². The summed E-state index contributed by atoms with van der Waals surface area (Å²) in [6.07, 6.45) is -0.623. The van der Waals surface area contributed by atoms with Crippen LogP contribution < -0.4 is 0 Å². The third-order valence-corrected chi connectivity index (χ3v) is 2.82. The second-order valence-electron chi connectivity index (χ2n) is 4.64. The molecule has 1 aliphatic rings. The summed E-state index contributed by atoms with van der Waals surface area (Å²) in [5.41, 5.74) is 0.358. The molecule has 0 aromatic carbocycles. The zero-order valence-corrected chi connectivity index (χ0v) is 10.7. The number of carbonyl (C=O) groups excluding carboxylic acids is 1. The van der Waals surface area contributed by atoms with Crippen molar-refractivity contribution < 1.29 is 14.6 Å². The average Bonchev–Trinajstić information content (AvgIpc) is 2.29. The maximum Gasteiger partial charge on any atom is 0.333 e. The van der Waals surface area contributed by atoms with E-state index < -0.39 is 12.1 Å². The summed E-state index contributed by atoms with van der Waals surface area (Å²) in [4.78, 5) is 15.6. The third kappa shape index (κ3) is 5.30. The van der Waals surface area contributed by atoms with Gasteiger partial charge in [-0.15, -0.1) is 0 Å². The van der Waals surface area contributed by atoms with Crippen molar-refractivity contribution in [2.75, 3.05) is 46.4 Å². The second kappa shape index (κ2) is 6.74. The minimum absolute atomic E-state index is 0.0397. The molecule has 0 bridgehead atoms. The smallest absolute Gasteiger partial charge is 0.333 e. The highest BCUT2D eigenvalue weighted by atomic mass is 16.5. The molecule has 0 spiro atoms. The highest BCUT2D eigenvalue weighted by molar-refractivity contribution is 5.86. The lowest BCUT2D eigenvalue weighted by Gasteiger charge is -2.33. The number of rotatable bonds is 5. The highest BCUT2D eigenvalue weighted by Gasteiger charge is 2.17. The van der Waals surface area contributed by atoms with Gasteiger partial charge in [-0.2, -0.15) is 0 Å². The van der Waals surface area contributed by atoms with E-state index in [2.05, 4.69) is 23.4 Å². The Balaban J connectivity index is 2.18. The van der Waals surface area contributed by atoms with Gasteiger partial charge < -0.3 is 14.7 Å². The number of nitrogens with zero attached hydrogens (tertiary/aromatic N) is 2. The molecule has 1 fully saturated rings. The summed E-state index contributed by atoms with van der Waals surface area (Å²) in [6, 6.07) is 0. The van der Waals surface area contributed by atoms with Gasteiger partial charge in [-0.05, 0) is 14.0 Å². The van der Waals surface area contributed by atoms with Gasteiger partial charge in [0, 0.05) is 38.3 Å². The monoisotopic (exact) mass is 242 g/mol. The van der Waals surface area contributed by atoms with E-state index in [4.69, 9.17) is 4.74 Å². The molecule has 98 valence electrons. The Morgan fingerprint density at radius 2 is 2.00 bits per heavy atom. The maximum absolute atomic E-state index is 11.1. The van der Waals surface area contributed by atoms with Crippen LogP contribution in [0.4, 0.5) is 0 Å². The largest absolute Gasteiger partial charge is 0.460 e. The van der Waals surface area contributed by atoms with Crippen LogP contribution in [0, 0.1) is 0 Å². The van der Waals surface area contributed by atoms with E-state index >= 15 is 0 Å². The first-order valence-corrected chi connectivity index (χ1v) is 5.90. The Hall–Kier alpha value is -0.910. The van der Waals surface area contributed by atoms with Crippen molar-refractivity contribution >= 4 is 5.97 Å². The van der Waals surface area contributed by atoms with Gasteiger partial charge in [-0.1, -0.05) is 6.58 Å². The Labute approximate surface area is 103 Å². The van der Waals surface area contributed by atoms with Gasteiger partial charge in [0.1, 0.15) is 12.7 Å². The number of ether oxygens (including phenoxy) is 1. The molecule has 0 saturated carbocycles. The normalized spacial score (nSPS) is 19.9. The van der Waals surface area contributed by atoms with Crippen LogP contribution in [0.3, 0.4) is 0 Å². The molecular formula is C12H22N2O3. The summed E-state index contributed by atoms with van der Waals surface area (Å²) in [5, 5.41) is 9.74. The van der Waals surface area contributed by atoms with Gasteiger partial charge >= 0.3 is 5.97 Å². The van der Waals surface area contributed by atoms with E-state index in [9.17, 15) is 9.90 Å². The van der Waals surface area contributed by atoms with Crippen LogP contribution in [-0.2, 0) is 9.53 Å². The zero-order chi connectivity index (χ0) is 12.8. The lowest BCUT2D eigenvalue weighted by molar-refractivity contribution is -0.142. The number of likely N-dealkylation sites (N-methyl/N-ethyl adjacent to an activating group) is 1. The molecule has 1 atom stereocenters. The number of hydrogen-bond donors (Lipinski definition) is 1. The summed E-state index contributed by atoms with van der Waals surface area (Å²) in [6.45, 7) is 9.59. The fourth-order valence-corrected chi connectivity index (χ4v) is 1.68. The van der Waals surface area contributed by atoms with Crippen molar-refractivity contribution in [2.45, 2.75) is 13.0 Å². The average molecular weight is 242 g/mol. The van der Waals surface area contributed by atoms with Crippen LogP contribution in [0.15, 0.2) is 12.2 Å². The predicted molar refractivity (Wildman–Crippen MR) is 65.7 cm³/mol. The van der Waals surface area contributed by atoms with Crippen LogP contribution >= 0.6 is 0 Å². The lowest BCUT2D eigenvalue weighted by atomic mass is 10.3. The highest BCUT2D eigenvalue weighted by Crippen LogP contribution is 2.01. The van der Waals surface area contributed by atoms with Gasteiger partial charge in [0.05, 0.1) is 0 Å². The predicted octanol–water partition coefficient (Wildman–Crippen LogP) is -0.286. The van der Waals surface area contributed by atoms with Crippen molar-refractivity contribution in [3.05, 3.63) is 12.2 Å². The summed E-state index contributed by atoms with van der Waals surface area (Å²) < 4.78 is 4.90. The van der Waals surface area contributed by atoms with Crippen molar-refractivity contribution in [3.8, 4) is 0 Å². The number of esters is 1. The lowest BCUT2D eigenvalue weighted by Crippen LogP contribution is -2.47. The third-order valence-electron chi connectivity index (χ3n) is 2.82. The minimum Gasteiger partial charge on any atom is -0.460 e. The maximum atomic E-state index is 11.1. The number of β-amino-alcohol motifs (C(OH)–C–C–N with tert-alkyl or cyclic N) is 1. The molecule has 1 aliphatic heterocycles. The van der Waals surface area contributed by atoms with E-state index in [-0.39, 0.29) is 6.61 Å². The topological polar surface area (TPSA) is 53.0 Å². The standard InChI is InChI=1S/C12H22N2O3/c1-10(2)12(16)17-9-11(15)8-14-6-4-13(3)5-7-14/h11,15H,1,4-9H2,2-3H3. The molecule has 5 heteroatoms. The van der Waals surface area contributed by atoms with Crippen LogP contribution in [0.5, 0.6) is 0 Å². The van der Waals surface area contributed by atoms with Crippen molar-refractivity contribution in [2.24, 2.45) is 0 Å². The van der Waals surface area contributed by atoms with Gasteiger partial charge in [-0.3, -0.25) is 4.90 Å². The van der Waals surface area contributed by atoms with Crippen molar-refractivity contribution in [1.82, 2.24) is 9.80 Å². The fourth-order valence-electron chi connectivity index (χ4n) is 1.68. The van der Waals surface area contributed by atoms with Crippen LogP contribution in [0.1, 0.15) is 6.92 Å². The molecule has 0 aromatic rings. The minimum atomic E-state index is -0.623. The molecule has 0 aromatic heterocycles. The quantitative estimate of drug-likeness (QED) is 0.530. The van der Waals surface area contributed by atoms with E-state index in [1.165, 1.54) is 0 Å². The van der Waals surface area contributed by atoms with Crippen LogP contribution in [0.2, 0.25) is 0 Å². The molecule has 1 rings (SSSR count). The SMILES string of the molecule is C=C(C)C(=O)OCC(O)CN1CCN(C)CC1. The van der Waals surface area contributed by atoms with E-state index in [0.29, 0.717) is 12.1 Å². The first-order chi connectivity index (χ1) is 7.99. The summed E-state index contributed by atoms with van der Waals surface area (Å²) in [5.74, 6) is -0.442. The van der Waals surface area contributed by atoms with Gasteiger partial charge in [0.25, 0.3) is 0 Å². The van der Waals surface area contributed by atoms with Crippen LogP contribution in [0.25, 0.3) is 0 Å². The number of piperazine rings is 1. The molecule has 1 unspecified atom stereocenters. The van der Waals surface area contributed by atoms with Crippen molar-refractivity contribution in [3.63, 3.8) is 0 Å². The first kappa shape index (κ1) is 14.2. The van der Waals surface area contributed by atoms with Crippen LogP contribution in [-0.4, -0.2) is 73.4 Å². The van der Waals surface area contributed by atoms with Crippen molar-refractivity contribution in [1.29, 1.82) is 0 Å². The number of aliphatic hydroxyl groups is 1. The van der Waals surface area contributed by atoms with Gasteiger partial charge in [0.2, 0.25) is 0 Å². The molecule has 0 radical (unpaired) electrons. The van der Waals surface area contributed by atoms with E-state index in [1.807, 2.05) is 0 Å². The molecule has 17 heavy (non-hydrogen) atoms. The van der Waals surface area contributed by atoms with E-state index in [1.54, 1.807) is 6.92 Å². The Kier molecular flexibility index (Phi) is 5.61. The molecule has 1 heterocycles. The Morgan fingerprint density at radius 3 is 2.53 bits per heavy atom. The molecule has 0 aliphatic carbocycles. The second-order valence-corrected chi connectivity index (χ2v) is 4.64. The zero-order valence-electron chi connectivity index (χ0n) is 10.7. The Bertz CT molecular complexity index is 273. The number of aliphatic hydroxyl groups excluding tert-OH is 1.